The lowest BCUT2D eigenvalue weighted by Gasteiger charge is -2.31. The van der Waals surface area contributed by atoms with E-state index in [-0.39, 0.29) is 42.1 Å². The van der Waals surface area contributed by atoms with Crippen LogP contribution in [0.15, 0.2) is 24.3 Å². The topological polar surface area (TPSA) is 117 Å². The van der Waals surface area contributed by atoms with Gasteiger partial charge in [0.2, 0.25) is 17.7 Å². The van der Waals surface area contributed by atoms with Crippen LogP contribution >= 0.6 is 0 Å². The van der Waals surface area contributed by atoms with Crippen molar-refractivity contribution in [2.24, 2.45) is 5.92 Å². The molecule has 1 unspecified atom stereocenters. The number of carbonyl (C=O) groups is 4. The number of anilines is 1. The summed E-state index contributed by atoms with van der Waals surface area (Å²) in [5.41, 5.74) is 0.498. The lowest BCUT2D eigenvalue weighted by molar-refractivity contribution is -0.132. The highest BCUT2D eigenvalue weighted by atomic mass is 16.6. The highest BCUT2D eigenvalue weighted by Crippen LogP contribution is 2.25. The molecule has 32 heavy (non-hydrogen) atoms. The van der Waals surface area contributed by atoms with E-state index in [2.05, 4.69) is 16.0 Å². The Hall–Kier alpha value is -3.10. The molecule has 1 aromatic carbocycles. The number of ether oxygens (including phenoxy) is 1. The van der Waals surface area contributed by atoms with Crippen molar-refractivity contribution < 1.29 is 23.9 Å². The molecule has 1 saturated heterocycles. The van der Waals surface area contributed by atoms with Gasteiger partial charge in [-0.1, -0.05) is 12.1 Å². The fraction of sp³-hybridized carbons (Fsp3) is 0.565. The molecule has 9 heteroatoms. The lowest BCUT2D eigenvalue weighted by atomic mass is 10.1. The third kappa shape index (κ3) is 7.86. The number of alkyl carbamates (subject to hydrolysis) is 1. The van der Waals surface area contributed by atoms with Gasteiger partial charge in [0.25, 0.3) is 0 Å². The van der Waals surface area contributed by atoms with Gasteiger partial charge in [-0.25, -0.2) is 4.79 Å². The fourth-order valence-electron chi connectivity index (χ4n) is 3.24. The predicted octanol–water partition coefficient (Wildman–Crippen LogP) is 2.41. The minimum absolute atomic E-state index is 0.00102. The molecule has 1 aromatic rings. The number of nitrogens with one attached hydrogen (secondary N) is 3. The van der Waals surface area contributed by atoms with Gasteiger partial charge in [-0.3, -0.25) is 14.4 Å². The maximum absolute atomic E-state index is 12.5. The quantitative estimate of drug-likeness (QED) is 0.620. The van der Waals surface area contributed by atoms with Gasteiger partial charge in [-0.15, -0.1) is 0 Å². The maximum Gasteiger partial charge on any atom is 0.408 e. The summed E-state index contributed by atoms with van der Waals surface area (Å²) in [4.78, 5) is 50.0. The number of nitrogens with zero attached hydrogens (tertiary/aromatic N) is 1. The molecular weight excluding hydrogens is 412 g/mol. The average molecular weight is 447 g/mol. The van der Waals surface area contributed by atoms with Crippen molar-refractivity contribution in [2.45, 2.75) is 65.6 Å². The van der Waals surface area contributed by atoms with E-state index in [0.717, 1.165) is 5.56 Å². The van der Waals surface area contributed by atoms with Crippen molar-refractivity contribution in [3.8, 4) is 0 Å². The molecule has 1 fully saturated rings. The Morgan fingerprint density at radius 3 is 2.19 bits per heavy atom. The van der Waals surface area contributed by atoms with Gasteiger partial charge in [0.05, 0.1) is 5.92 Å². The largest absolute Gasteiger partial charge is 0.444 e. The van der Waals surface area contributed by atoms with E-state index in [0.29, 0.717) is 18.8 Å². The molecule has 1 aliphatic heterocycles. The van der Waals surface area contributed by atoms with Crippen LogP contribution < -0.4 is 16.0 Å². The normalized spacial score (nSPS) is 16.5. The summed E-state index contributed by atoms with van der Waals surface area (Å²) in [5.74, 6) is -0.876. The molecule has 1 heterocycles. The zero-order valence-electron chi connectivity index (χ0n) is 19.7. The van der Waals surface area contributed by atoms with Crippen molar-refractivity contribution in [2.75, 3.05) is 18.4 Å². The van der Waals surface area contributed by atoms with Crippen LogP contribution in [0.5, 0.6) is 0 Å². The van der Waals surface area contributed by atoms with Gasteiger partial charge in [-0.05, 0) is 59.2 Å². The van der Waals surface area contributed by atoms with Crippen molar-refractivity contribution >= 4 is 29.5 Å². The first kappa shape index (κ1) is 25.2. The molecule has 1 aliphatic rings. The van der Waals surface area contributed by atoms with E-state index in [1.54, 1.807) is 49.9 Å². The first-order valence-corrected chi connectivity index (χ1v) is 10.7. The first-order chi connectivity index (χ1) is 14.7. The molecule has 0 saturated carbocycles. The maximum atomic E-state index is 12.5. The molecule has 0 bridgehead atoms. The Morgan fingerprint density at radius 2 is 1.66 bits per heavy atom. The van der Waals surface area contributed by atoms with Gasteiger partial charge < -0.3 is 25.6 Å². The third-order valence-electron chi connectivity index (χ3n) is 4.80. The number of carbonyl (C=O) groups excluding carboxylic acids is 4. The molecule has 3 N–H and O–H groups in total. The summed E-state index contributed by atoms with van der Waals surface area (Å²) < 4.78 is 5.08. The average Bonchev–Trinajstić information content (AvgIpc) is 3.06. The van der Waals surface area contributed by atoms with Crippen LogP contribution in [0.3, 0.4) is 0 Å². The highest BCUT2D eigenvalue weighted by molar-refractivity contribution is 5.94. The number of hydrogen-bond donors (Lipinski definition) is 3. The Labute approximate surface area is 189 Å². The monoisotopic (exact) mass is 446 g/mol. The molecule has 9 nitrogen and oxygen atoms in total. The Bertz CT molecular complexity index is 853. The van der Waals surface area contributed by atoms with Gasteiger partial charge >= 0.3 is 6.09 Å². The third-order valence-corrected chi connectivity index (χ3v) is 4.80. The van der Waals surface area contributed by atoms with Crippen LogP contribution in [0.4, 0.5) is 10.5 Å². The van der Waals surface area contributed by atoms with Crippen LogP contribution in [0.2, 0.25) is 0 Å². The molecule has 1 atom stereocenters. The summed E-state index contributed by atoms with van der Waals surface area (Å²) in [7, 11) is 0. The van der Waals surface area contributed by atoms with Crippen LogP contribution in [0.1, 0.15) is 53.5 Å². The second-order valence-corrected chi connectivity index (χ2v) is 9.89. The minimum Gasteiger partial charge on any atom is -0.444 e. The van der Waals surface area contributed by atoms with Crippen molar-refractivity contribution in [1.82, 2.24) is 15.5 Å². The summed E-state index contributed by atoms with van der Waals surface area (Å²) in [6.45, 7) is 11.6. The molecule has 2 rings (SSSR count). The summed E-state index contributed by atoms with van der Waals surface area (Å²) in [6.07, 6.45) is -0.431. The summed E-state index contributed by atoms with van der Waals surface area (Å²) in [6, 6.07) is 7.01. The van der Waals surface area contributed by atoms with E-state index >= 15 is 0 Å². The van der Waals surface area contributed by atoms with Gasteiger partial charge in [0.15, 0.2) is 0 Å². The Morgan fingerprint density at radius 1 is 1.03 bits per heavy atom. The van der Waals surface area contributed by atoms with E-state index in [9.17, 15) is 19.2 Å². The molecule has 0 spiro atoms. The molecule has 4 amide bonds. The van der Waals surface area contributed by atoms with Crippen molar-refractivity contribution in [3.05, 3.63) is 29.8 Å². The van der Waals surface area contributed by atoms with Crippen molar-refractivity contribution in [1.29, 1.82) is 0 Å². The van der Waals surface area contributed by atoms with Crippen molar-refractivity contribution in [3.63, 3.8) is 0 Å². The van der Waals surface area contributed by atoms with E-state index in [1.165, 1.54) is 0 Å². The molecule has 176 valence electrons. The van der Waals surface area contributed by atoms with Crippen LogP contribution in [0, 0.1) is 5.92 Å². The molecule has 0 radical (unpaired) electrons. The smallest absolute Gasteiger partial charge is 0.408 e. The second-order valence-electron chi connectivity index (χ2n) is 9.89. The SMILES string of the molecule is CC(C)(C)OC(=O)NCC(=O)Nc1ccc(CNC(=O)C2CC(=O)N(C(C)(C)C)C2)cc1. The minimum atomic E-state index is -0.659. The zero-order valence-corrected chi connectivity index (χ0v) is 19.7. The first-order valence-electron chi connectivity index (χ1n) is 10.7. The molecule has 0 aromatic heterocycles. The Balaban J connectivity index is 1.77. The molecule has 0 aliphatic carbocycles. The van der Waals surface area contributed by atoms with Gasteiger partial charge in [-0.2, -0.15) is 0 Å². The Kier molecular flexibility index (Phi) is 7.87. The number of likely N-dealkylation sites (tertiary alicyclic amines) is 1. The predicted molar refractivity (Wildman–Crippen MR) is 121 cm³/mol. The van der Waals surface area contributed by atoms with E-state index < -0.39 is 11.7 Å². The summed E-state index contributed by atoms with van der Waals surface area (Å²) in [5, 5.41) is 7.96. The number of amides is 4. The van der Waals surface area contributed by atoms with Crippen LogP contribution in [-0.4, -0.2) is 52.9 Å². The number of benzene rings is 1. The highest BCUT2D eigenvalue weighted by Gasteiger charge is 2.39. The molecular formula is C23H34N4O5. The van der Waals surface area contributed by atoms with Crippen LogP contribution in [0.25, 0.3) is 0 Å². The van der Waals surface area contributed by atoms with E-state index in [1.807, 2.05) is 20.8 Å². The van der Waals surface area contributed by atoms with Crippen LogP contribution in [-0.2, 0) is 25.7 Å². The number of rotatable bonds is 6. The second kappa shape index (κ2) is 10.0. The van der Waals surface area contributed by atoms with E-state index in [4.69, 9.17) is 4.74 Å². The lowest BCUT2D eigenvalue weighted by Crippen LogP contribution is -2.43. The standard InChI is InChI=1S/C23H34N4O5/c1-22(2,3)27-14-16(11-19(27)29)20(30)24-12-15-7-9-17(10-8-15)26-18(28)13-25-21(31)32-23(4,5)6/h7-10,16H,11-14H2,1-6H3,(H,24,30)(H,25,31)(H,26,28). The summed E-state index contributed by atoms with van der Waals surface area (Å²) >= 11 is 0. The number of hydrogen-bond acceptors (Lipinski definition) is 5. The van der Waals surface area contributed by atoms with Gasteiger partial charge in [0.1, 0.15) is 12.1 Å². The fourth-order valence-corrected chi connectivity index (χ4v) is 3.24. The van der Waals surface area contributed by atoms with Gasteiger partial charge in [0, 0.05) is 30.7 Å². The zero-order chi connectivity index (χ0) is 24.1.